The van der Waals surface area contributed by atoms with Crippen molar-refractivity contribution in [3.63, 3.8) is 0 Å². The Labute approximate surface area is 51.5 Å². The van der Waals surface area contributed by atoms with Crippen LogP contribution in [-0.2, 0) is 0 Å². The molecular weight excluding hydrogens is 67.0 g/mol. The van der Waals surface area contributed by atoms with E-state index in [1.165, 1.54) is 0 Å². The molecule has 0 spiro atoms. The summed E-state index contributed by atoms with van der Waals surface area (Å²) < 4.78 is 0. The fourth-order valence-corrected chi connectivity index (χ4v) is 0.102. The van der Waals surface area contributed by atoms with Gasteiger partial charge in [-0.15, -0.1) is 12.3 Å². The fraction of sp³-hybridized carbons (Fsp3) is 0.400. The molecule has 0 atom stereocenters. The summed E-state index contributed by atoms with van der Waals surface area (Å²) in [4.78, 5) is 0. The first-order valence-corrected chi connectivity index (χ1v) is 1.64. The molecule has 0 bridgehead atoms. The number of hydrogen-bond acceptors (Lipinski definition) is 0. The standard InChI is InChI=1S/C5H7.Li/c1-3-5-4-2;/h1H,2,4-5H2;/q-1;+1. The van der Waals surface area contributed by atoms with Crippen molar-refractivity contribution in [1.29, 1.82) is 0 Å². The van der Waals surface area contributed by atoms with E-state index in [0.29, 0.717) is 0 Å². The molecule has 0 heterocycles. The third-order valence-corrected chi connectivity index (χ3v) is 0.321. The van der Waals surface area contributed by atoms with Gasteiger partial charge in [0, 0.05) is 0 Å². The van der Waals surface area contributed by atoms with Crippen molar-refractivity contribution < 1.29 is 18.9 Å². The van der Waals surface area contributed by atoms with Gasteiger partial charge in [0.25, 0.3) is 0 Å². The second-order valence-electron chi connectivity index (χ2n) is 0.808. The van der Waals surface area contributed by atoms with Crippen molar-refractivity contribution in [2.75, 3.05) is 0 Å². The van der Waals surface area contributed by atoms with Crippen LogP contribution in [-0.4, -0.2) is 0 Å². The van der Waals surface area contributed by atoms with E-state index < -0.39 is 0 Å². The van der Waals surface area contributed by atoms with Gasteiger partial charge in [0.05, 0.1) is 0 Å². The Bertz CT molecular complexity index is 42.4. The van der Waals surface area contributed by atoms with Crippen LogP contribution in [0.4, 0.5) is 0 Å². The number of hydrogen-bond donors (Lipinski definition) is 0. The molecule has 0 saturated carbocycles. The Morgan fingerprint density at radius 2 is 2.17 bits per heavy atom. The van der Waals surface area contributed by atoms with Crippen molar-refractivity contribution >= 4 is 0 Å². The normalized spacial score (nSPS) is 5.33. The summed E-state index contributed by atoms with van der Waals surface area (Å²) in [5.74, 6) is 2.45. The summed E-state index contributed by atoms with van der Waals surface area (Å²) >= 11 is 0. The van der Waals surface area contributed by atoms with Gasteiger partial charge < -0.3 is 6.92 Å². The van der Waals surface area contributed by atoms with Gasteiger partial charge >= 0.3 is 18.9 Å². The first kappa shape index (κ1) is 9.48. The minimum atomic E-state index is 0. The van der Waals surface area contributed by atoms with E-state index in [2.05, 4.69) is 12.8 Å². The molecular formula is C5H7Li. The second kappa shape index (κ2) is 8.94. The minimum absolute atomic E-state index is 0. The van der Waals surface area contributed by atoms with Crippen LogP contribution in [0.15, 0.2) is 0 Å². The van der Waals surface area contributed by atoms with Crippen LogP contribution in [0.5, 0.6) is 0 Å². The molecule has 0 fully saturated rings. The minimum Gasteiger partial charge on any atom is -0.342 e. The van der Waals surface area contributed by atoms with Gasteiger partial charge in [0.2, 0.25) is 0 Å². The zero-order chi connectivity index (χ0) is 4.12. The molecule has 28 valence electrons. The van der Waals surface area contributed by atoms with Gasteiger partial charge in [-0.1, -0.05) is 0 Å². The molecule has 0 saturated heterocycles. The second-order valence-corrected chi connectivity index (χ2v) is 0.808. The van der Waals surface area contributed by atoms with E-state index in [-0.39, 0.29) is 18.9 Å². The summed E-state index contributed by atoms with van der Waals surface area (Å²) in [5, 5.41) is 0. The molecule has 0 nitrogen and oxygen atoms in total. The molecule has 0 aromatic carbocycles. The predicted octanol–water partition coefficient (Wildman–Crippen LogP) is -1.76. The zero-order valence-corrected chi connectivity index (χ0v) is 4.20. The van der Waals surface area contributed by atoms with E-state index in [9.17, 15) is 0 Å². The summed E-state index contributed by atoms with van der Waals surface area (Å²) in [5.41, 5.74) is 0. The summed E-state index contributed by atoms with van der Waals surface area (Å²) in [6.45, 7) is 3.53. The van der Waals surface area contributed by atoms with Crippen LogP contribution >= 0.6 is 0 Å². The maximum atomic E-state index is 4.85. The summed E-state index contributed by atoms with van der Waals surface area (Å²) in [6.07, 6.45) is 6.51. The quantitative estimate of drug-likeness (QED) is 0.196. The van der Waals surface area contributed by atoms with E-state index in [1.807, 2.05) is 0 Å². The largest absolute Gasteiger partial charge is 1.00 e. The SMILES string of the molecule is C#CCC[CH2-].[Li+]. The van der Waals surface area contributed by atoms with E-state index in [4.69, 9.17) is 6.42 Å². The molecule has 0 aliphatic carbocycles. The molecule has 0 rings (SSSR count). The van der Waals surface area contributed by atoms with E-state index >= 15 is 0 Å². The molecule has 0 unspecified atom stereocenters. The van der Waals surface area contributed by atoms with Crippen molar-refractivity contribution in [2.24, 2.45) is 0 Å². The van der Waals surface area contributed by atoms with Gasteiger partial charge in [-0.25, -0.2) is 0 Å². The Hall–Kier alpha value is 0.157. The number of rotatable bonds is 1. The Kier molecular flexibility index (Phi) is 14.1. The van der Waals surface area contributed by atoms with Gasteiger partial charge in [-0.3, -0.25) is 0 Å². The Morgan fingerprint density at radius 3 is 2.17 bits per heavy atom. The Balaban J connectivity index is 0. The van der Waals surface area contributed by atoms with Crippen molar-refractivity contribution in [3.8, 4) is 12.3 Å². The molecule has 0 aromatic heterocycles. The van der Waals surface area contributed by atoms with Gasteiger partial charge in [-0.2, -0.15) is 6.42 Å². The first-order valence-electron chi connectivity index (χ1n) is 1.64. The molecule has 0 aliphatic rings. The average Bonchev–Trinajstić information content (AvgIpc) is 1.41. The van der Waals surface area contributed by atoms with Gasteiger partial charge in [0.1, 0.15) is 0 Å². The summed E-state index contributed by atoms with van der Waals surface area (Å²) in [7, 11) is 0. The maximum Gasteiger partial charge on any atom is 1.00 e. The van der Waals surface area contributed by atoms with Crippen molar-refractivity contribution in [3.05, 3.63) is 6.92 Å². The van der Waals surface area contributed by atoms with Crippen LogP contribution in [0.2, 0.25) is 0 Å². The average molecular weight is 74.1 g/mol. The zero-order valence-electron chi connectivity index (χ0n) is 4.20. The van der Waals surface area contributed by atoms with E-state index in [0.717, 1.165) is 12.8 Å². The molecule has 0 aromatic rings. The smallest absolute Gasteiger partial charge is 0.342 e. The van der Waals surface area contributed by atoms with Crippen LogP contribution in [0.25, 0.3) is 0 Å². The van der Waals surface area contributed by atoms with Gasteiger partial charge in [-0.05, 0) is 6.42 Å². The monoisotopic (exact) mass is 74.1 g/mol. The summed E-state index contributed by atoms with van der Waals surface area (Å²) in [6, 6.07) is 0. The van der Waals surface area contributed by atoms with Crippen LogP contribution in [0.3, 0.4) is 0 Å². The third-order valence-electron chi connectivity index (χ3n) is 0.321. The molecule has 0 amide bonds. The fourth-order valence-electron chi connectivity index (χ4n) is 0.102. The molecule has 1 heteroatoms. The third kappa shape index (κ3) is 8.90. The van der Waals surface area contributed by atoms with Crippen molar-refractivity contribution in [1.82, 2.24) is 0 Å². The van der Waals surface area contributed by atoms with Crippen molar-refractivity contribution in [2.45, 2.75) is 12.8 Å². The van der Waals surface area contributed by atoms with Crippen LogP contribution in [0, 0.1) is 19.3 Å². The first-order chi connectivity index (χ1) is 2.41. The van der Waals surface area contributed by atoms with Crippen LogP contribution in [0.1, 0.15) is 12.8 Å². The maximum absolute atomic E-state index is 4.85. The topological polar surface area (TPSA) is 0 Å². The molecule has 6 heavy (non-hydrogen) atoms. The number of unbranched alkanes of at least 4 members (excludes halogenated alkanes) is 1. The molecule has 0 N–H and O–H groups in total. The Morgan fingerprint density at radius 1 is 1.67 bits per heavy atom. The predicted molar refractivity (Wildman–Crippen MR) is 23.4 cm³/mol. The number of terminal acetylenes is 1. The molecule has 0 aliphatic heterocycles. The van der Waals surface area contributed by atoms with Crippen LogP contribution < -0.4 is 18.9 Å². The van der Waals surface area contributed by atoms with Gasteiger partial charge in [0.15, 0.2) is 0 Å². The molecule has 0 radical (unpaired) electrons. The van der Waals surface area contributed by atoms with E-state index in [1.54, 1.807) is 0 Å².